The zero-order chi connectivity index (χ0) is 20.3. The van der Waals surface area contributed by atoms with Crippen LogP contribution in [0.1, 0.15) is 43.6 Å². The van der Waals surface area contributed by atoms with Crippen molar-refractivity contribution < 1.29 is 13.9 Å². The number of thioether (sulfide) groups is 1. The fourth-order valence-electron chi connectivity index (χ4n) is 2.76. The van der Waals surface area contributed by atoms with Crippen molar-refractivity contribution in [3.05, 3.63) is 59.7 Å². The third-order valence-electron chi connectivity index (χ3n) is 4.43. The molecule has 0 spiro atoms. The van der Waals surface area contributed by atoms with Gasteiger partial charge in [0.1, 0.15) is 5.75 Å². The van der Waals surface area contributed by atoms with Crippen molar-refractivity contribution in [2.45, 2.75) is 43.6 Å². The number of ketones is 1. The van der Waals surface area contributed by atoms with Crippen molar-refractivity contribution in [2.24, 2.45) is 0 Å². The first kappa shape index (κ1) is 20.1. The molecule has 0 saturated heterocycles. The van der Waals surface area contributed by atoms with E-state index in [4.69, 9.17) is 9.15 Å². The van der Waals surface area contributed by atoms with Crippen LogP contribution in [0.15, 0.2) is 58.2 Å². The second-order valence-electron chi connectivity index (χ2n) is 7.53. The standard InChI is InChI=1S/C22H24N2O3S/c1-14(19(25)15-10-12-16(13-11-15)22(2,3)4)28-21-24-23-20(27-21)17-8-6-7-9-18(17)26-5/h6-14H,1-5H3/t14-/m1/s1. The zero-order valence-corrected chi connectivity index (χ0v) is 17.5. The van der Waals surface area contributed by atoms with Crippen molar-refractivity contribution in [2.75, 3.05) is 7.11 Å². The number of Topliss-reactive ketones (excluding diaryl/α,β-unsaturated/α-hetero) is 1. The van der Waals surface area contributed by atoms with E-state index >= 15 is 0 Å². The number of benzene rings is 2. The van der Waals surface area contributed by atoms with Crippen molar-refractivity contribution in [3.63, 3.8) is 0 Å². The van der Waals surface area contributed by atoms with E-state index in [9.17, 15) is 4.79 Å². The largest absolute Gasteiger partial charge is 0.496 e. The second-order valence-corrected chi connectivity index (χ2v) is 8.82. The summed E-state index contributed by atoms with van der Waals surface area (Å²) in [6.07, 6.45) is 0. The minimum Gasteiger partial charge on any atom is -0.496 e. The molecule has 0 N–H and O–H groups in total. The van der Waals surface area contributed by atoms with Crippen LogP contribution in [-0.4, -0.2) is 28.3 Å². The Hall–Kier alpha value is -2.60. The quantitative estimate of drug-likeness (QED) is 0.410. The van der Waals surface area contributed by atoms with Crippen molar-refractivity contribution in [1.29, 1.82) is 0 Å². The van der Waals surface area contributed by atoms with Crippen LogP contribution in [-0.2, 0) is 5.41 Å². The molecule has 0 radical (unpaired) electrons. The zero-order valence-electron chi connectivity index (χ0n) is 16.7. The minimum absolute atomic E-state index is 0.0301. The molecule has 0 fully saturated rings. The summed E-state index contributed by atoms with van der Waals surface area (Å²) in [5.41, 5.74) is 2.65. The molecular weight excluding hydrogens is 372 g/mol. The maximum Gasteiger partial charge on any atom is 0.277 e. The average Bonchev–Trinajstić information content (AvgIpc) is 3.15. The summed E-state index contributed by atoms with van der Waals surface area (Å²) in [5.74, 6) is 1.06. The molecule has 0 bridgehead atoms. The van der Waals surface area contributed by atoms with Crippen LogP contribution >= 0.6 is 11.8 Å². The van der Waals surface area contributed by atoms with E-state index in [2.05, 4.69) is 31.0 Å². The maximum atomic E-state index is 12.8. The Bertz CT molecular complexity index is 958. The number of aromatic nitrogens is 2. The fraction of sp³-hybridized carbons (Fsp3) is 0.318. The van der Waals surface area contributed by atoms with Gasteiger partial charge in [-0.1, -0.05) is 68.9 Å². The Labute approximate surface area is 169 Å². The van der Waals surface area contributed by atoms with E-state index in [1.807, 2.05) is 55.5 Å². The molecule has 0 saturated carbocycles. The average molecular weight is 397 g/mol. The highest BCUT2D eigenvalue weighted by Gasteiger charge is 2.22. The number of ether oxygens (including phenoxy) is 1. The van der Waals surface area contributed by atoms with Gasteiger partial charge in [0, 0.05) is 5.56 Å². The molecule has 0 amide bonds. The van der Waals surface area contributed by atoms with Gasteiger partial charge in [-0.15, -0.1) is 10.2 Å². The lowest BCUT2D eigenvalue weighted by Crippen LogP contribution is -2.15. The molecule has 6 heteroatoms. The molecule has 3 rings (SSSR count). The number of nitrogens with zero attached hydrogens (tertiary/aromatic N) is 2. The first-order valence-electron chi connectivity index (χ1n) is 9.08. The topological polar surface area (TPSA) is 65.2 Å². The highest BCUT2D eigenvalue weighted by molar-refractivity contribution is 8.00. The Kier molecular flexibility index (Phi) is 5.89. The van der Waals surface area contributed by atoms with Crippen LogP contribution in [0.5, 0.6) is 5.75 Å². The van der Waals surface area contributed by atoms with E-state index in [1.165, 1.54) is 17.3 Å². The molecule has 2 aromatic carbocycles. The summed E-state index contributed by atoms with van der Waals surface area (Å²) in [6, 6.07) is 15.2. The Morgan fingerprint density at radius 3 is 2.39 bits per heavy atom. The number of carbonyl (C=O) groups is 1. The normalized spacial score (nSPS) is 12.6. The van der Waals surface area contributed by atoms with Gasteiger partial charge in [0.15, 0.2) is 5.78 Å². The molecule has 0 aliphatic rings. The molecule has 0 aliphatic carbocycles. The van der Waals surface area contributed by atoms with Gasteiger partial charge in [-0.05, 0) is 30.0 Å². The van der Waals surface area contributed by atoms with Crippen molar-refractivity contribution >= 4 is 17.5 Å². The minimum atomic E-state index is -0.341. The van der Waals surface area contributed by atoms with Crippen LogP contribution in [0, 0.1) is 0 Å². The van der Waals surface area contributed by atoms with Crippen LogP contribution in [0.2, 0.25) is 0 Å². The summed E-state index contributed by atoms with van der Waals surface area (Å²) in [6.45, 7) is 8.29. The van der Waals surface area contributed by atoms with Gasteiger partial charge in [-0.3, -0.25) is 4.79 Å². The molecule has 1 aromatic heterocycles. The van der Waals surface area contributed by atoms with Crippen molar-refractivity contribution in [1.82, 2.24) is 10.2 Å². The molecule has 0 aliphatic heterocycles. The van der Waals surface area contributed by atoms with Crippen LogP contribution in [0.4, 0.5) is 0 Å². The van der Waals surface area contributed by atoms with Crippen LogP contribution in [0.3, 0.4) is 0 Å². The Morgan fingerprint density at radius 2 is 1.75 bits per heavy atom. The molecular formula is C22H24N2O3S. The van der Waals surface area contributed by atoms with E-state index in [0.29, 0.717) is 22.4 Å². The van der Waals surface area contributed by atoms with Crippen molar-refractivity contribution in [3.8, 4) is 17.2 Å². The Morgan fingerprint density at radius 1 is 1.07 bits per heavy atom. The van der Waals surface area contributed by atoms with Gasteiger partial charge < -0.3 is 9.15 Å². The van der Waals surface area contributed by atoms with Gasteiger partial charge >= 0.3 is 0 Å². The number of hydrogen-bond donors (Lipinski definition) is 0. The molecule has 5 nitrogen and oxygen atoms in total. The highest BCUT2D eigenvalue weighted by atomic mass is 32.2. The maximum absolute atomic E-state index is 12.8. The number of methoxy groups -OCH3 is 1. The second kappa shape index (κ2) is 8.19. The number of hydrogen-bond acceptors (Lipinski definition) is 6. The smallest absolute Gasteiger partial charge is 0.277 e. The van der Waals surface area contributed by atoms with Gasteiger partial charge in [-0.25, -0.2) is 0 Å². The molecule has 1 heterocycles. The van der Waals surface area contributed by atoms with Crippen LogP contribution in [0.25, 0.3) is 11.5 Å². The first-order chi connectivity index (χ1) is 13.3. The predicted octanol–water partition coefficient (Wildman–Crippen LogP) is 5.41. The predicted molar refractivity (Wildman–Crippen MR) is 111 cm³/mol. The van der Waals surface area contributed by atoms with E-state index in [-0.39, 0.29) is 16.4 Å². The number of rotatable bonds is 6. The van der Waals surface area contributed by atoms with Gasteiger partial charge in [0.25, 0.3) is 11.1 Å². The lowest BCUT2D eigenvalue weighted by molar-refractivity contribution is 0.0993. The van der Waals surface area contributed by atoms with E-state index in [1.54, 1.807) is 7.11 Å². The van der Waals surface area contributed by atoms with Gasteiger partial charge in [0.2, 0.25) is 0 Å². The van der Waals surface area contributed by atoms with Gasteiger partial charge in [-0.2, -0.15) is 0 Å². The van der Waals surface area contributed by atoms with E-state index < -0.39 is 0 Å². The summed E-state index contributed by atoms with van der Waals surface area (Å²) < 4.78 is 11.1. The summed E-state index contributed by atoms with van der Waals surface area (Å²) in [7, 11) is 1.59. The monoisotopic (exact) mass is 396 g/mol. The first-order valence-corrected chi connectivity index (χ1v) is 9.96. The SMILES string of the molecule is COc1ccccc1-c1nnc(S[C@H](C)C(=O)c2ccc(C(C)(C)C)cc2)o1. The number of carbonyl (C=O) groups excluding carboxylic acids is 1. The molecule has 28 heavy (non-hydrogen) atoms. The summed E-state index contributed by atoms with van der Waals surface area (Å²) in [5, 5.41) is 8.17. The molecule has 146 valence electrons. The molecule has 0 unspecified atom stereocenters. The third kappa shape index (κ3) is 4.44. The lowest BCUT2D eigenvalue weighted by Gasteiger charge is -2.19. The van der Waals surface area contributed by atoms with Crippen LogP contribution < -0.4 is 4.74 Å². The third-order valence-corrected chi connectivity index (χ3v) is 5.36. The van der Waals surface area contributed by atoms with E-state index in [0.717, 1.165) is 5.56 Å². The van der Waals surface area contributed by atoms with Gasteiger partial charge in [0.05, 0.1) is 17.9 Å². The summed E-state index contributed by atoms with van der Waals surface area (Å²) >= 11 is 1.25. The molecule has 3 aromatic rings. The number of para-hydroxylation sites is 1. The fourth-order valence-corrected chi connectivity index (χ4v) is 3.52. The Balaban J connectivity index is 1.72. The molecule has 1 atom stereocenters. The highest BCUT2D eigenvalue weighted by Crippen LogP contribution is 2.32. The summed E-state index contributed by atoms with van der Waals surface area (Å²) in [4.78, 5) is 12.8. The lowest BCUT2D eigenvalue weighted by atomic mass is 9.86.